The van der Waals surface area contributed by atoms with E-state index in [2.05, 4.69) is 10.3 Å². The fraction of sp³-hybridized carbons (Fsp3) is 0.632. The summed E-state index contributed by atoms with van der Waals surface area (Å²) in [7, 11) is 0. The first-order chi connectivity index (χ1) is 14.3. The second-order valence-corrected chi connectivity index (χ2v) is 7.81. The van der Waals surface area contributed by atoms with Crippen LogP contribution in [0, 0.1) is 0 Å². The maximum Gasteiger partial charge on any atom is 0.408 e. The van der Waals surface area contributed by atoms with Gasteiger partial charge in [-0.25, -0.2) is 4.79 Å². The number of halogens is 3. The van der Waals surface area contributed by atoms with Gasteiger partial charge in [0.1, 0.15) is 19.4 Å². The van der Waals surface area contributed by atoms with Crippen LogP contribution in [0.1, 0.15) is 24.5 Å². The molecule has 0 bridgehead atoms. The molecular weight excluding hydrogens is 403 g/mol. The van der Waals surface area contributed by atoms with Gasteiger partial charge in [-0.1, -0.05) is 0 Å². The summed E-state index contributed by atoms with van der Waals surface area (Å²) >= 11 is 0. The summed E-state index contributed by atoms with van der Waals surface area (Å²) in [6.45, 7) is 2.09. The number of hydrogen-bond acceptors (Lipinski definition) is 5. The molecule has 0 aliphatic carbocycles. The quantitative estimate of drug-likeness (QED) is 0.775. The van der Waals surface area contributed by atoms with Crippen LogP contribution in [0.25, 0.3) is 0 Å². The number of aromatic nitrogens is 1. The number of urea groups is 1. The number of anilines is 1. The Balaban J connectivity index is 1.31. The molecule has 4 rings (SSSR count). The fourth-order valence-corrected chi connectivity index (χ4v) is 4.09. The molecule has 164 valence electrons. The van der Waals surface area contributed by atoms with Crippen molar-refractivity contribution in [3.05, 3.63) is 24.0 Å². The highest BCUT2D eigenvalue weighted by Gasteiger charge is 2.46. The summed E-state index contributed by atoms with van der Waals surface area (Å²) in [5.74, 6) is -0.147. The van der Waals surface area contributed by atoms with E-state index in [1.807, 2.05) is 0 Å². The van der Waals surface area contributed by atoms with Crippen LogP contribution in [-0.4, -0.2) is 85.0 Å². The van der Waals surface area contributed by atoms with Crippen molar-refractivity contribution in [3.63, 3.8) is 0 Å². The summed E-state index contributed by atoms with van der Waals surface area (Å²) in [5, 5.41) is 2.66. The van der Waals surface area contributed by atoms with Crippen LogP contribution in [0.3, 0.4) is 0 Å². The molecule has 0 aromatic carbocycles. The molecule has 3 saturated heterocycles. The van der Waals surface area contributed by atoms with E-state index in [1.54, 1.807) is 17.0 Å². The standard InChI is InChI=1S/C19H24F3N5O3/c20-19(21,22)16-2-1-6-27(16)14-3-4-15(24-8-14)13-9-26(10-13)18(29)25-7-5-23-17(28)11-30-12-25/h3-4,8,13,16H,1-2,5-7,9-12H2,(H,23,28). The molecule has 3 aliphatic heterocycles. The molecule has 0 spiro atoms. The molecule has 4 heterocycles. The zero-order chi connectivity index (χ0) is 21.3. The van der Waals surface area contributed by atoms with Gasteiger partial charge in [0, 0.05) is 44.3 Å². The minimum atomic E-state index is -4.25. The van der Waals surface area contributed by atoms with Crippen molar-refractivity contribution in [3.8, 4) is 0 Å². The van der Waals surface area contributed by atoms with E-state index in [-0.39, 0.29) is 37.6 Å². The molecule has 11 heteroatoms. The van der Waals surface area contributed by atoms with Crippen LogP contribution in [0.4, 0.5) is 23.7 Å². The number of carbonyl (C=O) groups is 2. The molecule has 3 fully saturated rings. The summed E-state index contributed by atoms with van der Waals surface area (Å²) in [6.07, 6.45) is -2.13. The largest absolute Gasteiger partial charge is 0.408 e. The summed E-state index contributed by atoms with van der Waals surface area (Å²) in [5.41, 5.74) is 1.24. The second kappa shape index (κ2) is 8.29. The highest BCUT2D eigenvalue weighted by molar-refractivity contribution is 5.78. The Morgan fingerprint density at radius 1 is 1.20 bits per heavy atom. The van der Waals surface area contributed by atoms with Gasteiger partial charge in [-0.3, -0.25) is 14.7 Å². The highest BCUT2D eigenvalue weighted by Crippen LogP contribution is 2.36. The molecule has 8 nitrogen and oxygen atoms in total. The van der Waals surface area contributed by atoms with Gasteiger partial charge in [-0.05, 0) is 25.0 Å². The highest BCUT2D eigenvalue weighted by atomic mass is 19.4. The number of ether oxygens (including phenoxy) is 1. The fourth-order valence-electron chi connectivity index (χ4n) is 4.09. The van der Waals surface area contributed by atoms with Crippen LogP contribution in [0.15, 0.2) is 18.3 Å². The lowest BCUT2D eigenvalue weighted by molar-refractivity contribution is -0.146. The van der Waals surface area contributed by atoms with Gasteiger partial charge in [-0.2, -0.15) is 13.2 Å². The molecule has 1 aromatic heterocycles. The smallest absolute Gasteiger partial charge is 0.359 e. The minimum Gasteiger partial charge on any atom is -0.359 e. The van der Waals surface area contributed by atoms with E-state index >= 15 is 0 Å². The van der Waals surface area contributed by atoms with E-state index in [1.165, 1.54) is 16.0 Å². The van der Waals surface area contributed by atoms with Gasteiger partial charge in [-0.15, -0.1) is 0 Å². The van der Waals surface area contributed by atoms with Gasteiger partial charge in [0.15, 0.2) is 0 Å². The van der Waals surface area contributed by atoms with E-state index < -0.39 is 12.2 Å². The van der Waals surface area contributed by atoms with E-state index in [0.29, 0.717) is 44.8 Å². The number of nitrogens with zero attached hydrogens (tertiary/aromatic N) is 4. The second-order valence-electron chi connectivity index (χ2n) is 7.81. The maximum absolute atomic E-state index is 13.2. The van der Waals surface area contributed by atoms with Gasteiger partial charge >= 0.3 is 12.2 Å². The summed E-state index contributed by atoms with van der Waals surface area (Å²) in [6, 6.07) is 1.82. The predicted octanol–water partition coefficient (Wildman–Crippen LogP) is 1.54. The molecule has 3 aliphatic rings. The zero-order valence-electron chi connectivity index (χ0n) is 16.4. The first-order valence-electron chi connectivity index (χ1n) is 10.0. The Morgan fingerprint density at radius 2 is 2.00 bits per heavy atom. The first kappa shape index (κ1) is 20.7. The van der Waals surface area contributed by atoms with Crippen molar-refractivity contribution < 1.29 is 27.5 Å². The van der Waals surface area contributed by atoms with Crippen LogP contribution in [0.2, 0.25) is 0 Å². The summed E-state index contributed by atoms with van der Waals surface area (Å²) in [4.78, 5) is 32.8. The maximum atomic E-state index is 13.2. The van der Waals surface area contributed by atoms with Crippen molar-refractivity contribution in [2.45, 2.75) is 31.0 Å². The lowest BCUT2D eigenvalue weighted by Crippen LogP contribution is -2.56. The molecule has 1 atom stereocenters. The third-order valence-electron chi connectivity index (χ3n) is 5.76. The van der Waals surface area contributed by atoms with Gasteiger partial charge in [0.2, 0.25) is 5.91 Å². The zero-order valence-corrected chi connectivity index (χ0v) is 16.4. The molecular formula is C19H24F3N5O3. The number of carbonyl (C=O) groups excluding carboxylic acids is 2. The van der Waals surface area contributed by atoms with Crippen LogP contribution in [-0.2, 0) is 9.53 Å². The normalized spacial score (nSPS) is 23.6. The third-order valence-corrected chi connectivity index (χ3v) is 5.76. The lowest BCUT2D eigenvalue weighted by Gasteiger charge is -2.42. The SMILES string of the molecule is O=C1COCN(C(=O)N2CC(c3ccc(N4CCCC4C(F)(F)F)cn3)C2)CCN1. The van der Waals surface area contributed by atoms with E-state index in [4.69, 9.17) is 4.74 Å². The molecule has 0 radical (unpaired) electrons. The Kier molecular flexibility index (Phi) is 5.72. The molecule has 1 aromatic rings. The summed E-state index contributed by atoms with van der Waals surface area (Å²) < 4.78 is 44.7. The number of likely N-dealkylation sites (tertiary alicyclic amines) is 1. The van der Waals surface area contributed by atoms with Crippen molar-refractivity contribution in [1.82, 2.24) is 20.1 Å². The van der Waals surface area contributed by atoms with Gasteiger partial charge < -0.3 is 19.9 Å². The number of nitrogens with one attached hydrogen (secondary N) is 1. The van der Waals surface area contributed by atoms with Crippen molar-refractivity contribution >= 4 is 17.6 Å². The van der Waals surface area contributed by atoms with Gasteiger partial charge in [0.05, 0.1) is 11.9 Å². The number of alkyl halides is 3. The van der Waals surface area contributed by atoms with Crippen molar-refractivity contribution in [1.29, 1.82) is 0 Å². The van der Waals surface area contributed by atoms with Crippen LogP contribution < -0.4 is 10.2 Å². The Morgan fingerprint density at radius 3 is 2.70 bits per heavy atom. The molecule has 30 heavy (non-hydrogen) atoms. The van der Waals surface area contributed by atoms with Gasteiger partial charge in [0.25, 0.3) is 0 Å². The molecule has 1 unspecified atom stereocenters. The Labute approximate surface area is 172 Å². The average Bonchev–Trinajstić information content (AvgIpc) is 3.14. The predicted molar refractivity (Wildman–Crippen MR) is 101 cm³/mol. The Bertz CT molecular complexity index is 771. The topological polar surface area (TPSA) is 78.0 Å². The third kappa shape index (κ3) is 4.30. The molecule has 1 N–H and O–H groups in total. The number of rotatable bonds is 2. The monoisotopic (exact) mass is 427 g/mol. The first-order valence-corrected chi connectivity index (χ1v) is 10.0. The molecule has 3 amide bonds. The minimum absolute atomic E-state index is 0.0513. The molecule has 0 saturated carbocycles. The van der Waals surface area contributed by atoms with Crippen LogP contribution in [0.5, 0.6) is 0 Å². The number of pyridine rings is 1. The number of hydrogen-bond donors (Lipinski definition) is 1. The van der Waals surface area contributed by atoms with E-state index in [0.717, 1.165) is 5.69 Å². The van der Waals surface area contributed by atoms with Crippen LogP contribution >= 0.6 is 0 Å². The van der Waals surface area contributed by atoms with Crippen molar-refractivity contribution in [2.24, 2.45) is 0 Å². The number of amides is 3. The Hall–Kier alpha value is -2.56. The lowest BCUT2D eigenvalue weighted by atomic mass is 9.96. The van der Waals surface area contributed by atoms with Crippen molar-refractivity contribution in [2.75, 3.05) is 51.0 Å². The van der Waals surface area contributed by atoms with E-state index in [9.17, 15) is 22.8 Å². The average molecular weight is 427 g/mol.